The van der Waals surface area contributed by atoms with Crippen molar-refractivity contribution in [1.82, 2.24) is 15.8 Å². The highest BCUT2D eigenvalue weighted by Gasteiger charge is 2.25. The maximum absolute atomic E-state index is 14.0. The van der Waals surface area contributed by atoms with Crippen LogP contribution < -0.4 is 10.6 Å². The van der Waals surface area contributed by atoms with Gasteiger partial charge in [0.2, 0.25) is 0 Å². The van der Waals surface area contributed by atoms with Crippen LogP contribution >= 0.6 is 24.0 Å². The summed E-state index contributed by atoms with van der Waals surface area (Å²) in [5.74, 6) is -0.608. The SMILES string of the molecule is CCNCCNC(=O)c1c(-c2c(F)cccc2Cl)noc1C.Cl. The highest BCUT2D eigenvalue weighted by Crippen LogP contribution is 2.33. The number of amides is 1. The van der Waals surface area contributed by atoms with Crippen LogP contribution in [0.15, 0.2) is 22.7 Å². The molecule has 0 unspecified atom stereocenters. The fourth-order valence-electron chi connectivity index (χ4n) is 2.06. The number of rotatable bonds is 6. The molecule has 0 aliphatic heterocycles. The van der Waals surface area contributed by atoms with Crippen molar-refractivity contribution in [1.29, 1.82) is 0 Å². The van der Waals surface area contributed by atoms with Crippen LogP contribution in [0.4, 0.5) is 4.39 Å². The van der Waals surface area contributed by atoms with Crippen molar-refractivity contribution < 1.29 is 13.7 Å². The second-order valence-electron chi connectivity index (χ2n) is 4.67. The van der Waals surface area contributed by atoms with Crippen molar-refractivity contribution in [2.75, 3.05) is 19.6 Å². The third-order valence-corrected chi connectivity index (χ3v) is 3.44. The maximum atomic E-state index is 14.0. The zero-order valence-electron chi connectivity index (χ0n) is 12.8. The summed E-state index contributed by atoms with van der Waals surface area (Å²) in [6, 6.07) is 4.29. The minimum atomic E-state index is -0.553. The van der Waals surface area contributed by atoms with E-state index < -0.39 is 5.82 Å². The predicted molar refractivity (Wildman–Crippen MR) is 89.8 cm³/mol. The normalized spacial score (nSPS) is 10.3. The fraction of sp³-hybridized carbons (Fsp3) is 0.333. The van der Waals surface area contributed by atoms with Crippen molar-refractivity contribution in [3.05, 3.63) is 40.4 Å². The van der Waals surface area contributed by atoms with Gasteiger partial charge in [0.25, 0.3) is 5.91 Å². The lowest BCUT2D eigenvalue weighted by Gasteiger charge is -2.07. The number of likely N-dealkylation sites (N-methyl/N-ethyl adjacent to an activating group) is 1. The molecule has 0 saturated heterocycles. The zero-order chi connectivity index (χ0) is 16.1. The van der Waals surface area contributed by atoms with Crippen LogP contribution in [0.1, 0.15) is 23.0 Å². The van der Waals surface area contributed by atoms with Crippen LogP contribution in [0, 0.1) is 12.7 Å². The lowest BCUT2D eigenvalue weighted by molar-refractivity contribution is 0.0953. The van der Waals surface area contributed by atoms with Gasteiger partial charge in [0, 0.05) is 13.1 Å². The van der Waals surface area contributed by atoms with E-state index in [1.54, 1.807) is 6.92 Å². The van der Waals surface area contributed by atoms with E-state index in [2.05, 4.69) is 15.8 Å². The molecule has 0 bridgehead atoms. The number of nitrogens with one attached hydrogen (secondary N) is 2. The van der Waals surface area contributed by atoms with Gasteiger partial charge < -0.3 is 15.2 Å². The number of carbonyl (C=O) groups excluding carboxylic acids is 1. The molecule has 2 rings (SSSR count). The third kappa shape index (κ3) is 4.43. The first-order chi connectivity index (χ1) is 10.6. The third-order valence-electron chi connectivity index (χ3n) is 3.13. The summed E-state index contributed by atoms with van der Waals surface area (Å²) in [4.78, 5) is 12.3. The summed E-state index contributed by atoms with van der Waals surface area (Å²) in [6.45, 7) is 5.48. The summed E-state index contributed by atoms with van der Waals surface area (Å²) in [7, 11) is 0. The van der Waals surface area contributed by atoms with E-state index in [0.717, 1.165) is 6.54 Å². The minimum absolute atomic E-state index is 0. The van der Waals surface area contributed by atoms with Crippen LogP contribution in [0.2, 0.25) is 5.02 Å². The molecule has 0 saturated carbocycles. The number of carbonyl (C=O) groups is 1. The summed E-state index contributed by atoms with van der Waals surface area (Å²) < 4.78 is 19.1. The second-order valence-corrected chi connectivity index (χ2v) is 5.08. The van der Waals surface area contributed by atoms with Gasteiger partial charge in [0.15, 0.2) is 0 Å². The highest BCUT2D eigenvalue weighted by molar-refractivity contribution is 6.33. The van der Waals surface area contributed by atoms with Crippen LogP contribution in [0.5, 0.6) is 0 Å². The summed E-state index contributed by atoms with van der Waals surface area (Å²) in [5, 5.41) is 9.81. The van der Waals surface area contributed by atoms with E-state index in [9.17, 15) is 9.18 Å². The van der Waals surface area contributed by atoms with Gasteiger partial charge in [-0.25, -0.2) is 4.39 Å². The number of hydrogen-bond acceptors (Lipinski definition) is 4. The Labute approximate surface area is 145 Å². The average Bonchev–Trinajstić information content (AvgIpc) is 2.85. The van der Waals surface area contributed by atoms with Gasteiger partial charge in [-0.2, -0.15) is 0 Å². The lowest BCUT2D eigenvalue weighted by Crippen LogP contribution is -2.32. The Hall–Kier alpha value is -1.63. The van der Waals surface area contributed by atoms with Crippen molar-refractivity contribution in [3.63, 3.8) is 0 Å². The van der Waals surface area contributed by atoms with Gasteiger partial charge >= 0.3 is 0 Å². The Morgan fingerprint density at radius 1 is 1.39 bits per heavy atom. The predicted octanol–water partition coefficient (Wildman–Crippen LogP) is 3.20. The monoisotopic (exact) mass is 361 g/mol. The maximum Gasteiger partial charge on any atom is 0.257 e. The zero-order valence-corrected chi connectivity index (χ0v) is 14.4. The van der Waals surface area contributed by atoms with Crippen LogP contribution in [0.3, 0.4) is 0 Å². The molecule has 0 aliphatic carbocycles. The van der Waals surface area contributed by atoms with Gasteiger partial charge in [-0.3, -0.25) is 4.79 Å². The molecular weight excluding hydrogens is 344 g/mol. The van der Waals surface area contributed by atoms with Gasteiger partial charge in [0.1, 0.15) is 22.8 Å². The van der Waals surface area contributed by atoms with E-state index in [1.165, 1.54) is 18.2 Å². The molecule has 1 amide bonds. The van der Waals surface area contributed by atoms with E-state index in [-0.39, 0.29) is 40.2 Å². The minimum Gasteiger partial charge on any atom is -0.360 e. The first-order valence-electron chi connectivity index (χ1n) is 6.95. The Morgan fingerprint density at radius 2 is 2.13 bits per heavy atom. The molecular formula is C15H18Cl2FN3O2. The molecule has 2 aromatic rings. The molecule has 0 radical (unpaired) electrons. The van der Waals surface area contributed by atoms with Gasteiger partial charge in [-0.1, -0.05) is 29.7 Å². The average molecular weight is 362 g/mol. The Kier molecular flexibility index (Phi) is 7.48. The van der Waals surface area contributed by atoms with Gasteiger partial charge in [-0.15, -0.1) is 12.4 Å². The largest absolute Gasteiger partial charge is 0.360 e. The Bertz CT molecular complexity index is 656. The van der Waals surface area contributed by atoms with Crippen LogP contribution in [0.25, 0.3) is 11.3 Å². The molecule has 0 spiro atoms. The van der Waals surface area contributed by atoms with Crippen molar-refractivity contribution in [3.8, 4) is 11.3 Å². The number of aryl methyl sites for hydroxylation is 1. The Morgan fingerprint density at radius 3 is 2.78 bits per heavy atom. The molecule has 0 aliphatic rings. The number of aromatic nitrogens is 1. The van der Waals surface area contributed by atoms with Crippen LogP contribution in [-0.2, 0) is 0 Å². The standard InChI is InChI=1S/C15H17ClFN3O2.ClH/c1-3-18-7-8-19-15(21)12-9(2)22-20-14(12)13-10(16)5-4-6-11(13)17;/h4-6,18H,3,7-8H2,1-2H3,(H,19,21);1H. The summed E-state index contributed by atoms with van der Waals surface area (Å²) in [6.07, 6.45) is 0. The summed E-state index contributed by atoms with van der Waals surface area (Å²) in [5.41, 5.74) is 0.378. The second kappa shape index (κ2) is 8.86. The number of halogens is 3. The smallest absolute Gasteiger partial charge is 0.257 e. The molecule has 126 valence electrons. The van der Waals surface area contributed by atoms with E-state index in [0.29, 0.717) is 18.8 Å². The molecule has 0 fully saturated rings. The molecule has 0 atom stereocenters. The van der Waals surface area contributed by atoms with Gasteiger partial charge in [0.05, 0.1) is 10.6 Å². The number of nitrogens with zero attached hydrogens (tertiary/aromatic N) is 1. The molecule has 5 nitrogen and oxygen atoms in total. The molecule has 1 aromatic carbocycles. The van der Waals surface area contributed by atoms with Crippen molar-refractivity contribution >= 4 is 29.9 Å². The Balaban J connectivity index is 0.00000264. The molecule has 1 aromatic heterocycles. The highest BCUT2D eigenvalue weighted by atomic mass is 35.5. The topological polar surface area (TPSA) is 67.2 Å². The van der Waals surface area contributed by atoms with Gasteiger partial charge in [-0.05, 0) is 25.6 Å². The molecule has 23 heavy (non-hydrogen) atoms. The number of hydrogen-bond donors (Lipinski definition) is 2. The van der Waals surface area contributed by atoms with E-state index in [4.69, 9.17) is 16.1 Å². The van der Waals surface area contributed by atoms with Crippen molar-refractivity contribution in [2.45, 2.75) is 13.8 Å². The first-order valence-corrected chi connectivity index (χ1v) is 7.33. The molecule has 8 heteroatoms. The quantitative estimate of drug-likeness (QED) is 0.775. The van der Waals surface area contributed by atoms with Crippen molar-refractivity contribution in [2.24, 2.45) is 0 Å². The van der Waals surface area contributed by atoms with E-state index in [1.807, 2.05) is 6.92 Å². The molecule has 2 N–H and O–H groups in total. The first kappa shape index (κ1) is 19.4. The lowest BCUT2D eigenvalue weighted by atomic mass is 10.0. The fourth-order valence-corrected chi connectivity index (χ4v) is 2.32. The van der Waals surface area contributed by atoms with E-state index >= 15 is 0 Å². The molecule has 1 heterocycles. The van der Waals surface area contributed by atoms with Crippen LogP contribution in [-0.4, -0.2) is 30.7 Å². The number of benzene rings is 1. The summed E-state index contributed by atoms with van der Waals surface area (Å²) >= 11 is 6.03.